The summed E-state index contributed by atoms with van der Waals surface area (Å²) >= 11 is 12.1. The second kappa shape index (κ2) is 6.24. The Morgan fingerprint density at radius 3 is 2.48 bits per heavy atom. The summed E-state index contributed by atoms with van der Waals surface area (Å²) in [5, 5.41) is 0.849. The number of halogens is 2. The van der Waals surface area contributed by atoms with Crippen molar-refractivity contribution in [3.05, 3.63) is 51.5 Å². The monoisotopic (exact) mass is 325 g/mol. The van der Waals surface area contributed by atoms with E-state index in [0.29, 0.717) is 16.5 Å². The van der Waals surface area contributed by atoms with Gasteiger partial charge >= 0.3 is 5.97 Å². The number of carbonyl (C=O) groups is 1. The lowest BCUT2D eigenvalue weighted by Gasteiger charge is -2.13. The zero-order chi connectivity index (χ0) is 15.6. The first-order valence-corrected chi connectivity index (χ1v) is 6.79. The van der Waals surface area contributed by atoms with Gasteiger partial charge in [-0.3, -0.25) is 0 Å². The summed E-state index contributed by atoms with van der Waals surface area (Å²) in [6.07, 6.45) is 0. The fraction of sp³-hybridized carbons (Fsp3) is 0.133. The molecule has 0 atom stereocenters. The average Bonchev–Trinajstić information content (AvgIpc) is 2.44. The number of anilines is 1. The number of methoxy groups -OCH3 is 1. The van der Waals surface area contributed by atoms with E-state index >= 15 is 0 Å². The van der Waals surface area contributed by atoms with Crippen LogP contribution in [0.4, 0.5) is 5.69 Å². The molecular weight excluding hydrogens is 313 g/mol. The van der Waals surface area contributed by atoms with Gasteiger partial charge in [0.15, 0.2) is 5.75 Å². The minimum atomic E-state index is -0.579. The number of hydrogen-bond acceptors (Lipinski definition) is 4. The molecule has 0 fully saturated rings. The highest BCUT2D eigenvalue weighted by molar-refractivity contribution is 6.33. The number of rotatable bonds is 3. The van der Waals surface area contributed by atoms with Crippen molar-refractivity contribution in [1.29, 1.82) is 0 Å². The molecular formula is C15H13Cl2NO3. The van der Waals surface area contributed by atoms with Crippen LogP contribution < -0.4 is 10.5 Å². The molecule has 2 aromatic carbocycles. The normalized spacial score (nSPS) is 10.3. The Hall–Kier alpha value is -1.91. The smallest absolute Gasteiger partial charge is 0.341 e. The first kappa shape index (κ1) is 15.5. The van der Waals surface area contributed by atoms with Gasteiger partial charge in [0.25, 0.3) is 0 Å². The van der Waals surface area contributed by atoms with Crippen LogP contribution in [0.5, 0.6) is 11.5 Å². The van der Waals surface area contributed by atoms with Crippen LogP contribution in [0.15, 0.2) is 30.3 Å². The lowest BCUT2D eigenvalue weighted by molar-refractivity contribution is 0.0598. The minimum Gasteiger partial charge on any atom is -0.465 e. The van der Waals surface area contributed by atoms with Gasteiger partial charge in [-0.15, -0.1) is 0 Å². The van der Waals surface area contributed by atoms with Gasteiger partial charge in [0, 0.05) is 10.7 Å². The SMILES string of the molecule is COC(=O)c1cc(N)cc(Cl)c1Oc1ccc(Cl)c(C)c1. The standard InChI is InChI=1S/C15H13Cl2NO3/c1-8-5-10(3-4-12(8)16)21-14-11(15(19)20-2)6-9(18)7-13(14)17/h3-7H,18H2,1-2H3. The molecule has 0 amide bonds. The van der Waals surface area contributed by atoms with E-state index in [-0.39, 0.29) is 16.3 Å². The molecule has 0 aliphatic heterocycles. The van der Waals surface area contributed by atoms with E-state index in [9.17, 15) is 4.79 Å². The van der Waals surface area contributed by atoms with Gasteiger partial charge in [0.05, 0.1) is 12.1 Å². The van der Waals surface area contributed by atoms with Crippen LogP contribution in [0, 0.1) is 6.92 Å². The Kier molecular flexibility index (Phi) is 4.60. The van der Waals surface area contributed by atoms with E-state index in [2.05, 4.69) is 0 Å². The van der Waals surface area contributed by atoms with Crippen LogP contribution in [-0.4, -0.2) is 13.1 Å². The fourth-order valence-electron chi connectivity index (χ4n) is 1.78. The molecule has 0 heterocycles. The summed E-state index contributed by atoms with van der Waals surface area (Å²) < 4.78 is 10.4. The summed E-state index contributed by atoms with van der Waals surface area (Å²) in [7, 11) is 1.27. The van der Waals surface area contributed by atoms with Crippen molar-refractivity contribution >= 4 is 34.9 Å². The lowest BCUT2D eigenvalue weighted by Crippen LogP contribution is -2.05. The summed E-state index contributed by atoms with van der Waals surface area (Å²) in [5.41, 5.74) is 7.05. The molecule has 0 radical (unpaired) electrons. The van der Waals surface area contributed by atoms with Crippen molar-refractivity contribution in [3.63, 3.8) is 0 Å². The maximum atomic E-state index is 11.8. The third-order valence-corrected chi connectivity index (χ3v) is 3.53. The van der Waals surface area contributed by atoms with Gasteiger partial charge in [0.2, 0.25) is 0 Å². The molecule has 2 N–H and O–H groups in total. The summed E-state index contributed by atoms with van der Waals surface area (Å²) in [5.74, 6) is 0.123. The van der Waals surface area contributed by atoms with E-state index in [4.69, 9.17) is 38.4 Å². The van der Waals surface area contributed by atoms with Crippen molar-refractivity contribution in [2.45, 2.75) is 6.92 Å². The summed E-state index contributed by atoms with van der Waals surface area (Å²) in [6, 6.07) is 8.09. The predicted molar refractivity (Wildman–Crippen MR) is 83.5 cm³/mol. The van der Waals surface area contributed by atoms with Crippen molar-refractivity contribution in [3.8, 4) is 11.5 Å². The number of nitrogens with two attached hydrogens (primary N) is 1. The number of carbonyl (C=O) groups excluding carboxylic acids is 1. The number of ether oxygens (including phenoxy) is 2. The van der Waals surface area contributed by atoms with Gasteiger partial charge in [-0.25, -0.2) is 4.79 Å². The van der Waals surface area contributed by atoms with Crippen molar-refractivity contribution < 1.29 is 14.3 Å². The van der Waals surface area contributed by atoms with Crippen LogP contribution in [-0.2, 0) is 4.74 Å². The Balaban J connectivity index is 2.47. The van der Waals surface area contributed by atoms with Crippen LogP contribution in [0.2, 0.25) is 10.0 Å². The number of benzene rings is 2. The van der Waals surface area contributed by atoms with Crippen LogP contribution in [0.25, 0.3) is 0 Å². The van der Waals surface area contributed by atoms with Gasteiger partial charge in [0.1, 0.15) is 11.3 Å². The zero-order valence-electron chi connectivity index (χ0n) is 11.4. The van der Waals surface area contributed by atoms with Crippen molar-refractivity contribution in [1.82, 2.24) is 0 Å². The molecule has 0 aliphatic rings. The van der Waals surface area contributed by atoms with E-state index < -0.39 is 5.97 Å². The molecule has 21 heavy (non-hydrogen) atoms. The third kappa shape index (κ3) is 3.40. The highest BCUT2D eigenvalue weighted by Crippen LogP contribution is 2.36. The number of hydrogen-bond donors (Lipinski definition) is 1. The topological polar surface area (TPSA) is 61.5 Å². The molecule has 4 nitrogen and oxygen atoms in total. The summed E-state index contributed by atoms with van der Waals surface area (Å²) in [6.45, 7) is 1.85. The van der Waals surface area contributed by atoms with Crippen LogP contribution in [0.1, 0.15) is 15.9 Å². The molecule has 0 saturated heterocycles. The highest BCUT2D eigenvalue weighted by atomic mass is 35.5. The largest absolute Gasteiger partial charge is 0.465 e. The summed E-state index contributed by atoms with van der Waals surface area (Å²) in [4.78, 5) is 11.8. The van der Waals surface area contributed by atoms with Crippen molar-refractivity contribution in [2.24, 2.45) is 0 Å². The third-order valence-electron chi connectivity index (χ3n) is 2.82. The van der Waals surface area contributed by atoms with Gasteiger partial charge in [-0.2, -0.15) is 0 Å². The van der Waals surface area contributed by atoms with Gasteiger partial charge < -0.3 is 15.2 Å². The second-order valence-electron chi connectivity index (χ2n) is 4.38. The molecule has 0 saturated carbocycles. The van der Waals surface area contributed by atoms with Crippen LogP contribution >= 0.6 is 23.2 Å². The van der Waals surface area contributed by atoms with E-state index in [1.54, 1.807) is 18.2 Å². The maximum absolute atomic E-state index is 11.8. The minimum absolute atomic E-state index is 0.162. The van der Waals surface area contributed by atoms with E-state index in [1.165, 1.54) is 19.2 Å². The van der Waals surface area contributed by atoms with Crippen LogP contribution in [0.3, 0.4) is 0 Å². The lowest BCUT2D eigenvalue weighted by atomic mass is 10.1. The average molecular weight is 326 g/mol. The molecule has 0 aromatic heterocycles. The van der Waals surface area contributed by atoms with Crippen molar-refractivity contribution in [2.75, 3.05) is 12.8 Å². The first-order chi connectivity index (χ1) is 9.92. The molecule has 2 aromatic rings. The molecule has 0 spiro atoms. The second-order valence-corrected chi connectivity index (χ2v) is 5.20. The first-order valence-electron chi connectivity index (χ1n) is 6.03. The number of esters is 1. The van der Waals surface area contributed by atoms with E-state index in [1.807, 2.05) is 6.92 Å². The number of nitrogen functional groups attached to an aromatic ring is 1. The molecule has 2 rings (SSSR count). The van der Waals surface area contributed by atoms with Gasteiger partial charge in [-0.05, 0) is 42.8 Å². The van der Waals surface area contributed by atoms with Gasteiger partial charge in [-0.1, -0.05) is 23.2 Å². The molecule has 0 unspecified atom stereocenters. The Bertz CT molecular complexity index is 702. The molecule has 0 bridgehead atoms. The Labute approximate surface area is 132 Å². The predicted octanol–water partition coefficient (Wildman–Crippen LogP) is 4.46. The Morgan fingerprint density at radius 2 is 1.86 bits per heavy atom. The number of aryl methyl sites for hydroxylation is 1. The highest BCUT2D eigenvalue weighted by Gasteiger charge is 2.18. The molecule has 110 valence electrons. The molecule has 0 aliphatic carbocycles. The molecule has 6 heteroatoms. The van der Waals surface area contributed by atoms with E-state index in [0.717, 1.165) is 5.56 Å². The zero-order valence-corrected chi connectivity index (χ0v) is 13.0. The maximum Gasteiger partial charge on any atom is 0.341 e. The quantitative estimate of drug-likeness (QED) is 0.668. The fourth-order valence-corrected chi connectivity index (χ4v) is 2.16. The Morgan fingerprint density at radius 1 is 1.14 bits per heavy atom.